The van der Waals surface area contributed by atoms with E-state index in [-0.39, 0.29) is 36.7 Å². The number of guanidine groups is 1. The number of amides is 1. The highest BCUT2D eigenvalue weighted by Crippen LogP contribution is 2.32. The first-order valence-corrected chi connectivity index (χ1v) is 10.6. The molecular formula is C23H30IN5O3. The van der Waals surface area contributed by atoms with Crippen molar-refractivity contribution in [2.75, 3.05) is 51.5 Å². The van der Waals surface area contributed by atoms with Crippen molar-refractivity contribution in [3.05, 3.63) is 54.1 Å². The van der Waals surface area contributed by atoms with Gasteiger partial charge in [-0.15, -0.1) is 24.0 Å². The number of benzene rings is 2. The van der Waals surface area contributed by atoms with Crippen LogP contribution in [0, 0.1) is 0 Å². The van der Waals surface area contributed by atoms with E-state index < -0.39 is 0 Å². The highest BCUT2D eigenvalue weighted by Gasteiger charge is 2.21. The number of piperazine rings is 1. The summed E-state index contributed by atoms with van der Waals surface area (Å²) in [4.78, 5) is 21.1. The molecule has 2 N–H and O–H groups in total. The predicted octanol–water partition coefficient (Wildman–Crippen LogP) is 2.44. The molecule has 2 aliphatic rings. The number of para-hydroxylation sites is 1. The lowest BCUT2D eigenvalue weighted by Gasteiger charge is -2.36. The minimum atomic E-state index is 0. The van der Waals surface area contributed by atoms with Gasteiger partial charge < -0.3 is 29.9 Å². The number of nitrogens with one attached hydrogen (secondary N) is 2. The molecule has 1 amide bonds. The molecule has 4 rings (SSSR count). The molecular weight excluding hydrogens is 521 g/mol. The van der Waals surface area contributed by atoms with Crippen molar-refractivity contribution >= 4 is 41.5 Å². The second-order valence-corrected chi connectivity index (χ2v) is 7.49. The molecule has 0 radical (unpaired) electrons. The number of carbonyl (C=O) groups excluding carboxylic acids is 1. The van der Waals surface area contributed by atoms with Crippen LogP contribution in [0.1, 0.15) is 12.0 Å². The Hall–Kier alpha value is -2.69. The van der Waals surface area contributed by atoms with E-state index in [0.29, 0.717) is 25.5 Å². The van der Waals surface area contributed by atoms with Crippen LogP contribution in [0.4, 0.5) is 5.69 Å². The van der Waals surface area contributed by atoms with E-state index >= 15 is 0 Å². The Balaban J connectivity index is 0.00000289. The number of aliphatic imine (C=N–C) groups is 1. The SMILES string of the molecule is CN=C(NCCC(=O)N1CCN(c2ccccc2)CC1)NCc1ccc2c(c1)OCO2.I. The maximum Gasteiger partial charge on any atom is 0.231 e. The zero-order chi connectivity index (χ0) is 21.5. The van der Waals surface area contributed by atoms with Crippen LogP contribution >= 0.6 is 24.0 Å². The van der Waals surface area contributed by atoms with Crippen molar-refractivity contribution in [2.24, 2.45) is 4.99 Å². The monoisotopic (exact) mass is 551 g/mol. The lowest BCUT2D eigenvalue weighted by Crippen LogP contribution is -2.49. The van der Waals surface area contributed by atoms with Gasteiger partial charge in [-0.1, -0.05) is 24.3 Å². The average Bonchev–Trinajstić information content (AvgIpc) is 3.30. The van der Waals surface area contributed by atoms with Gasteiger partial charge in [0.2, 0.25) is 12.7 Å². The van der Waals surface area contributed by atoms with Crippen molar-refractivity contribution in [3.8, 4) is 11.5 Å². The first-order chi connectivity index (χ1) is 15.2. The quantitative estimate of drug-likeness (QED) is 0.327. The van der Waals surface area contributed by atoms with Gasteiger partial charge in [-0.3, -0.25) is 9.79 Å². The number of anilines is 1. The molecule has 1 fully saturated rings. The summed E-state index contributed by atoms with van der Waals surface area (Å²) in [6, 6.07) is 16.2. The van der Waals surface area contributed by atoms with E-state index in [1.807, 2.05) is 41.3 Å². The van der Waals surface area contributed by atoms with Gasteiger partial charge in [0.05, 0.1) is 0 Å². The third kappa shape index (κ3) is 6.18. The number of carbonyl (C=O) groups is 1. The molecule has 2 heterocycles. The van der Waals surface area contributed by atoms with E-state index in [4.69, 9.17) is 9.47 Å². The van der Waals surface area contributed by atoms with Gasteiger partial charge in [0.25, 0.3) is 0 Å². The van der Waals surface area contributed by atoms with Gasteiger partial charge in [0.1, 0.15) is 0 Å². The first-order valence-electron chi connectivity index (χ1n) is 10.6. The van der Waals surface area contributed by atoms with Gasteiger partial charge in [-0.25, -0.2) is 0 Å². The van der Waals surface area contributed by atoms with Crippen LogP contribution in [0.3, 0.4) is 0 Å². The number of fused-ring (bicyclic) bond motifs is 1. The Morgan fingerprint density at radius 2 is 1.75 bits per heavy atom. The third-order valence-corrected chi connectivity index (χ3v) is 5.51. The molecule has 0 spiro atoms. The summed E-state index contributed by atoms with van der Waals surface area (Å²) in [5.74, 6) is 2.38. The second-order valence-electron chi connectivity index (χ2n) is 7.49. The van der Waals surface area contributed by atoms with E-state index in [0.717, 1.165) is 43.2 Å². The molecule has 2 aliphatic heterocycles. The molecule has 172 valence electrons. The predicted molar refractivity (Wildman–Crippen MR) is 136 cm³/mol. The second kappa shape index (κ2) is 11.8. The molecule has 0 aromatic heterocycles. The minimum absolute atomic E-state index is 0. The van der Waals surface area contributed by atoms with Crippen LogP contribution in [0.15, 0.2) is 53.5 Å². The van der Waals surface area contributed by atoms with Crippen LogP contribution in [-0.4, -0.2) is 63.3 Å². The summed E-state index contributed by atoms with van der Waals surface area (Å²) in [5.41, 5.74) is 2.29. The number of ether oxygens (including phenoxy) is 2. The molecule has 32 heavy (non-hydrogen) atoms. The van der Waals surface area contributed by atoms with Crippen LogP contribution in [0.25, 0.3) is 0 Å². The van der Waals surface area contributed by atoms with Crippen molar-refractivity contribution in [2.45, 2.75) is 13.0 Å². The lowest BCUT2D eigenvalue weighted by molar-refractivity contribution is -0.131. The molecule has 8 nitrogen and oxygen atoms in total. The van der Waals surface area contributed by atoms with E-state index in [1.54, 1.807) is 7.05 Å². The Morgan fingerprint density at radius 1 is 1.00 bits per heavy atom. The van der Waals surface area contributed by atoms with Gasteiger partial charge >= 0.3 is 0 Å². The first kappa shape index (κ1) is 24.0. The summed E-state index contributed by atoms with van der Waals surface area (Å²) in [6.45, 7) is 4.65. The zero-order valence-corrected chi connectivity index (χ0v) is 20.6. The lowest BCUT2D eigenvalue weighted by atomic mass is 10.2. The van der Waals surface area contributed by atoms with Gasteiger partial charge in [-0.05, 0) is 29.8 Å². The van der Waals surface area contributed by atoms with E-state index in [9.17, 15) is 4.79 Å². The highest BCUT2D eigenvalue weighted by molar-refractivity contribution is 14.0. The van der Waals surface area contributed by atoms with Crippen LogP contribution in [-0.2, 0) is 11.3 Å². The summed E-state index contributed by atoms with van der Waals surface area (Å²) < 4.78 is 10.7. The molecule has 2 aromatic rings. The standard InChI is InChI=1S/C23H29N5O3.HI/c1-24-23(26-16-18-7-8-20-21(15-18)31-17-30-20)25-10-9-22(29)28-13-11-27(12-14-28)19-5-3-2-4-6-19;/h2-8,15H,9-14,16-17H2,1H3,(H2,24,25,26);1H. The molecule has 9 heteroatoms. The summed E-state index contributed by atoms with van der Waals surface area (Å²) in [5, 5.41) is 6.49. The Bertz CT molecular complexity index is 917. The van der Waals surface area contributed by atoms with Crippen molar-refractivity contribution in [1.29, 1.82) is 0 Å². The third-order valence-electron chi connectivity index (χ3n) is 5.51. The maximum atomic E-state index is 12.6. The topological polar surface area (TPSA) is 78.4 Å². The Labute approximate surface area is 206 Å². The van der Waals surface area contributed by atoms with Crippen molar-refractivity contribution < 1.29 is 14.3 Å². The Kier molecular flexibility index (Phi) is 8.83. The molecule has 0 aliphatic carbocycles. The smallest absolute Gasteiger partial charge is 0.231 e. The molecule has 0 saturated carbocycles. The number of hydrogen-bond donors (Lipinski definition) is 2. The minimum Gasteiger partial charge on any atom is -0.454 e. The fraction of sp³-hybridized carbons (Fsp3) is 0.391. The fourth-order valence-electron chi connectivity index (χ4n) is 3.76. The number of halogens is 1. The van der Waals surface area contributed by atoms with Crippen molar-refractivity contribution in [3.63, 3.8) is 0 Å². The van der Waals surface area contributed by atoms with Gasteiger partial charge in [0.15, 0.2) is 17.5 Å². The number of rotatable bonds is 6. The highest BCUT2D eigenvalue weighted by atomic mass is 127. The molecule has 0 bridgehead atoms. The van der Waals surface area contributed by atoms with Crippen LogP contribution < -0.4 is 25.0 Å². The average molecular weight is 551 g/mol. The normalized spacial score (nSPS) is 15.2. The molecule has 1 saturated heterocycles. The van der Waals surface area contributed by atoms with Crippen LogP contribution in [0.2, 0.25) is 0 Å². The Morgan fingerprint density at radius 3 is 2.50 bits per heavy atom. The largest absolute Gasteiger partial charge is 0.454 e. The van der Waals surface area contributed by atoms with Gasteiger partial charge in [-0.2, -0.15) is 0 Å². The van der Waals surface area contributed by atoms with Crippen LogP contribution in [0.5, 0.6) is 11.5 Å². The van der Waals surface area contributed by atoms with Crippen molar-refractivity contribution in [1.82, 2.24) is 15.5 Å². The summed E-state index contributed by atoms with van der Waals surface area (Å²) >= 11 is 0. The molecule has 0 atom stereocenters. The maximum absolute atomic E-state index is 12.6. The summed E-state index contributed by atoms with van der Waals surface area (Å²) in [6.07, 6.45) is 0.441. The van der Waals surface area contributed by atoms with E-state index in [1.165, 1.54) is 5.69 Å². The fourth-order valence-corrected chi connectivity index (χ4v) is 3.76. The zero-order valence-electron chi connectivity index (χ0n) is 18.3. The van der Waals surface area contributed by atoms with E-state index in [2.05, 4.69) is 32.7 Å². The molecule has 0 unspecified atom stereocenters. The molecule has 2 aromatic carbocycles. The number of nitrogens with zero attached hydrogens (tertiary/aromatic N) is 3. The number of hydrogen-bond acceptors (Lipinski definition) is 5. The summed E-state index contributed by atoms with van der Waals surface area (Å²) in [7, 11) is 1.72. The van der Waals surface area contributed by atoms with Gasteiger partial charge in [0, 0.05) is 58.4 Å².